The molecule has 0 radical (unpaired) electrons. The maximum Gasteiger partial charge on any atom is 0.188 e. The normalized spacial score (nSPS) is 10.5. The molecule has 2 aromatic heterocycles. The Hall–Kier alpha value is -0.910. The van der Waals surface area contributed by atoms with Gasteiger partial charge in [-0.1, -0.05) is 23.4 Å². The van der Waals surface area contributed by atoms with Crippen LogP contribution in [0.2, 0.25) is 4.34 Å². The van der Waals surface area contributed by atoms with Crippen molar-refractivity contribution in [3.05, 3.63) is 39.3 Å². The van der Waals surface area contributed by atoms with Gasteiger partial charge in [0.15, 0.2) is 10.9 Å². The predicted octanol–water partition coefficient (Wildman–Crippen LogP) is 3.47. The average molecular weight is 285 g/mol. The second-order valence-electron chi connectivity index (χ2n) is 3.30. The summed E-state index contributed by atoms with van der Waals surface area (Å²) in [5.41, 5.74) is 0.897. The predicted molar refractivity (Wildman–Crippen MR) is 71.2 cm³/mol. The molecule has 0 unspecified atom stereocenters. The number of hydrogen-bond acceptors (Lipinski definition) is 5. The SMILES string of the molecule is Cc1ccnc(SCC(=O)c2ccc(Cl)s2)n1. The smallest absolute Gasteiger partial charge is 0.188 e. The van der Waals surface area contributed by atoms with Gasteiger partial charge in [-0.2, -0.15) is 0 Å². The van der Waals surface area contributed by atoms with Gasteiger partial charge in [0, 0.05) is 11.9 Å². The maximum atomic E-state index is 11.8. The monoisotopic (exact) mass is 284 g/mol. The first-order chi connectivity index (χ1) is 8.15. The third-order valence-corrected chi connectivity index (χ3v) is 4.09. The van der Waals surface area contributed by atoms with Gasteiger partial charge in [-0.3, -0.25) is 4.79 Å². The summed E-state index contributed by atoms with van der Waals surface area (Å²) in [5.74, 6) is 0.386. The fourth-order valence-electron chi connectivity index (χ4n) is 1.16. The first-order valence-corrected chi connectivity index (χ1v) is 7.04. The molecule has 0 aromatic carbocycles. The molecule has 0 saturated heterocycles. The van der Waals surface area contributed by atoms with Crippen LogP contribution in [0.25, 0.3) is 0 Å². The van der Waals surface area contributed by atoms with Gasteiger partial charge in [-0.25, -0.2) is 9.97 Å². The highest BCUT2D eigenvalue weighted by molar-refractivity contribution is 7.99. The molecule has 0 aliphatic carbocycles. The third-order valence-electron chi connectivity index (χ3n) is 1.95. The van der Waals surface area contributed by atoms with Gasteiger partial charge in [0.1, 0.15) is 0 Å². The van der Waals surface area contributed by atoms with Gasteiger partial charge >= 0.3 is 0 Å². The zero-order valence-corrected chi connectivity index (χ0v) is 11.4. The number of hydrogen-bond donors (Lipinski definition) is 0. The summed E-state index contributed by atoms with van der Waals surface area (Å²) in [7, 11) is 0. The molecule has 0 aliphatic rings. The van der Waals surface area contributed by atoms with Crippen molar-refractivity contribution in [3.8, 4) is 0 Å². The number of Topliss-reactive ketones (excluding diaryl/α,β-unsaturated/α-hetero) is 1. The molecule has 0 amide bonds. The molecule has 2 heterocycles. The first-order valence-electron chi connectivity index (χ1n) is 4.86. The van der Waals surface area contributed by atoms with Gasteiger partial charge in [0.25, 0.3) is 0 Å². The molecule has 0 saturated carbocycles. The van der Waals surface area contributed by atoms with Gasteiger partial charge in [0.2, 0.25) is 0 Å². The van der Waals surface area contributed by atoms with Gasteiger partial charge < -0.3 is 0 Å². The van der Waals surface area contributed by atoms with Crippen LogP contribution < -0.4 is 0 Å². The molecule has 3 nitrogen and oxygen atoms in total. The Morgan fingerprint density at radius 2 is 2.29 bits per heavy atom. The number of carbonyl (C=O) groups is 1. The van der Waals surface area contributed by atoms with E-state index in [-0.39, 0.29) is 5.78 Å². The minimum absolute atomic E-state index is 0.0528. The summed E-state index contributed by atoms with van der Waals surface area (Å²) in [6, 6.07) is 5.30. The Balaban J connectivity index is 1.97. The molecule has 0 fully saturated rings. The summed E-state index contributed by atoms with van der Waals surface area (Å²) in [6.45, 7) is 1.90. The lowest BCUT2D eigenvalue weighted by Gasteiger charge is -1.99. The summed E-state index contributed by atoms with van der Waals surface area (Å²) in [4.78, 5) is 20.8. The van der Waals surface area contributed by atoms with Gasteiger partial charge in [-0.15, -0.1) is 11.3 Å². The Labute approximate surface area is 112 Å². The summed E-state index contributed by atoms with van der Waals surface area (Å²) >= 11 is 8.41. The van der Waals surface area contributed by atoms with E-state index in [9.17, 15) is 4.79 Å². The van der Waals surface area contributed by atoms with E-state index in [2.05, 4.69) is 9.97 Å². The Morgan fingerprint density at radius 1 is 1.47 bits per heavy atom. The van der Waals surface area contributed by atoms with Crippen molar-refractivity contribution >= 4 is 40.5 Å². The average Bonchev–Trinajstić information content (AvgIpc) is 2.73. The minimum atomic E-state index is 0.0528. The van der Waals surface area contributed by atoms with E-state index in [1.807, 2.05) is 13.0 Å². The number of rotatable bonds is 4. The summed E-state index contributed by atoms with van der Waals surface area (Å²) in [6.07, 6.45) is 1.69. The molecular formula is C11H9ClN2OS2. The Bertz CT molecular complexity index is 542. The second-order valence-corrected chi connectivity index (χ2v) is 5.95. The Morgan fingerprint density at radius 3 is 2.94 bits per heavy atom. The molecule has 0 spiro atoms. The second kappa shape index (κ2) is 5.62. The molecule has 0 aliphatic heterocycles. The van der Waals surface area contributed by atoms with E-state index in [0.29, 0.717) is 20.1 Å². The zero-order chi connectivity index (χ0) is 12.3. The lowest BCUT2D eigenvalue weighted by molar-refractivity contribution is 0.102. The summed E-state index contributed by atoms with van der Waals surface area (Å²) in [5, 5.41) is 0.626. The molecule has 2 aromatic rings. The van der Waals surface area contributed by atoms with E-state index < -0.39 is 0 Å². The number of nitrogens with zero attached hydrogens (tertiary/aromatic N) is 2. The van der Waals surface area contributed by atoms with Gasteiger partial charge in [0.05, 0.1) is 15.0 Å². The number of halogens is 1. The highest BCUT2D eigenvalue weighted by Crippen LogP contribution is 2.23. The van der Waals surface area contributed by atoms with Crippen LogP contribution in [0.4, 0.5) is 0 Å². The van der Waals surface area contributed by atoms with Crippen LogP contribution >= 0.6 is 34.7 Å². The van der Waals surface area contributed by atoms with E-state index >= 15 is 0 Å². The standard InChI is InChI=1S/C11H9ClN2OS2/c1-7-4-5-13-11(14-7)16-6-8(15)9-2-3-10(12)17-9/h2-5H,6H2,1H3. The van der Waals surface area contributed by atoms with E-state index in [1.165, 1.54) is 23.1 Å². The fraction of sp³-hybridized carbons (Fsp3) is 0.182. The molecule has 0 bridgehead atoms. The zero-order valence-electron chi connectivity index (χ0n) is 9.01. The number of ketones is 1. The van der Waals surface area contributed by atoms with Crippen molar-refractivity contribution in [2.45, 2.75) is 12.1 Å². The highest BCUT2D eigenvalue weighted by atomic mass is 35.5. The van der Waals surface area contributed by atoms with E-state index in [0.717, 1.165) is 5.69 Å². The lowest BCUT2D eigenvalue weighted by atomic mass is 10.4. The van der Waals surface area contributed by atoms with E-state index in [1.54, 1.807) is 18.3 Å². The van der Waals surface area contributed by atoms with Crippen LogP contribution in [0.3, 0.4) is 0 Å². The number of aromatic nitrogens is 2. The fourth-order valence-corrected chi connectivity index (χ4v) is 2.99. The molecule has 88 valence electrons. The van der Waals surface area contributed by atoms with Crippen molar-refractivity contribution in [3.63, 3.8) is 0 Å². The quantitative estimate of drug-likeness (QED) is 0.490. The molecule has 0 N–H and O–H groups in total. The lowest BCUT2D eigenvalue weighted by Crippen LogP contribution is -2.00. The van der Waals surface area contributed by atoms with Crippen molar-refractivity contribution in [2.24, 2.45) is 0 Å². The number of thioether (sulfide) groups is 1. The number of aryl methyl sites for hydroxylation is 1. The van der Waals surface area contributed by atoms with Crippen LogP contribution in [-0.2, 0) is 0 Å². The van der Waals surface area contributed by atoms with Crippen LogP contribution in [0, 0.1) is 6.92 Å². The Kier molecular flexibility index (Phi) is 4.15. The van der Waals surface area contributed by atoms with E-state index in [4.69, 9.17) is 11.6 Å². The maximum absolute atomic E-state index is 11.8. The summed E-state index contributed by atoms with van der Waals surface area (Å²) < 4.78 is 0.630. The first kappa shape index (κ1) is 12.5. The topological polar surface area (TPSA) is 42.9 Å². The number of carbonyl (C=O) groups excluding carboxylic acids is 1. The van der Waals surface area contributed by atoms with Crippen molar-refractivity contribution in [1.29, 1.82) is 0 Å². The van der Waals surface area contributed by atoms with Crippen molar-refractivity contribution in [2.75, 3.05) is 5.75 Å². The molecule has 2 rings (SSSR count). The minimum Gasteiger partial charge on any atom is -0.292 e. The van der Waals surface area contributed by atoms with Crippen LogP contribution in [-0.4, -0.2) is 21.5 Å². The molecule has 17 heavy (non-hydrogen) atoms. The third kappa shape index (κ3) is 3.52. The van der Waals surface area contributed by atoms with Crippen LogP contribution in [0.1, 0.15) is 15.4 Å². The molecular weight excluding hydrogens is 276 g/mol. The molecule has 6 heteroatoms. The van der Waals surface area contributed by atoms with Crippen LogP contribution in [0.5, 0.6) is 0 Å². The van der Waals surface area contributed by atoms with Gasteiger partial charge in [-0.05, 0) is 25.1 Å². The largest absolute Gasteiger partial charge is 0.292 e. The number of thiophene rings is 1. The highest BCUT2D eigenvalue weighted by Gasteiger charge is 2.10. The van der Waals surface area contributed by atoms with Crippen molar-refractivity contribution < 1.29 is 4.79 Å². The molecule has 0 atom stereocenters. The van der Waals surface area contributed by atoms with Crippen molar-refractivity contribution in [1.82, 2.24) is 9.97 Å². The van der Waals surface area contributed by atoms with Crippen LogP contribution in [0.15, 0.2) is 29.6 Å².